The molecule has 1 rings (SSSR count). The number of rotatable bonds is 9. The van der Waals surface area contributed by atoms with E-state index in [1.165, 1.54) is 6.08 Å². The summed E-state index contributed by atoms with van der Waals surface area (Å²) in [5.74, 6) is 10.6. The summed E-state index contributed by atoms with van der Waals surface area (Å²) in [4.78, 5) is 0. The lowest BCUT2D eigenvalue weighted by Crippen LogP contribution is -2.59. The van der Waals surface area contributed by atoms with Gasteiger partial charge in [-0.15, -0.1) is 0 Å². The maximum atomic E-state index is 9.80. The fourth-order valence-electron chi connectivity index (χ4n) is 2.34. The van der Waals surface area contributed by atoms with E-state index in [0.717, 1.165) is 0 Å². The molecule has 0 aromatic rings. The van der Waals surface area contributed by atoms with Gasteiger partial charge in [0.05, 0.1) is 19.3 Å². The summed E-state index contributed by atoms with van der Waals surface area (Å²) in [6, 6.07) is 0. The number of ether oxygens (including phenoxy) is 2. The van der Waals surface area contributed by atoms with Crippen LogP contribution in [0, 0.1) is 23.7 Å². The summed E-state index contributed by atoms with van der Waals surface area (Å²) in [7, 11) is 0. The monoisotopic (exact) mass is 396 g/mol. The SMILES string of the molecule is OCC[C@H](O)CC/C=C\C#CC#C/C=C/CO[C@@H]1O[C@H](CO)[C@@H](O)[C@H](O)[C@H]1O. The van der Waals surface area contributed by atoms with Crippen molar-refractivity contribution < 1.29 is 40.1 Å². The Bertz CT molecular complexity index is 607. The van der Waals surface area contributed by atoms with Crippen molar-refractivity contribution in [1.82, 2.24) is 0 Å². The summed E-state index contributed by atoms with van der Waals surface area (Å²) < 4.78 is 10.5. The maximum Gasteiger partial charge on any atom is 0.187 e. The minimum atomic E-state index is -1.47. The van der Waals surface area contributed by atoms with Gasteiger partial charge in [-0.3, -0.25) is 0 Å². The molecular weight excluding hydrogens is 368 g/mol. The van der Waals surface area contributed by atoms with Crippen LogP contribution in [0.5, 0.6) is 0 Å². The molecule has 0 aromatic carbocycles. The average Bonchev–Trinajstić information content (AvgIpc) is 2.68. The summed E-state index contributed by atoms with van der Waals surface area (Å²) >= 11 is 0. The quantitative estimate of drug-likeness (QED) is 0.257. The van der Waals surface area contributed by atoms with Crippen LogP contribution in [0.15, 0.2) is 24.3 Å². The highest BCUT2D eigenvalue weighted by Crippen LogP contribution is 2.21. The zero-order chi connectivity index (χ0) is 20.8. The van der Waals surface area contributed by atoms with Crippen molar-refractivity contribution in [3.8, 4) is 23.7 Å². The van der Waals surface area contributed by atoms with E-state index in [1.54, 1.807) is 12.2 Å². The maximum absolute atomic E-state index is 9.80. The molecule has 1 heterocycles. The molecule has 0 unspecified atom stereocenters. The first-order valence-electron chi connectivity index (χ1n) is 9.03. The van der Waals surface area contributed by atoms with E-state index >= 15 is 0 Å². The van der Waals surface area contributed by atoms with Crippen molar-refractivity contribution in [2.45, 2.75) is 56.1 Å². The van der Waals surface area contributed by atoms with E-state index in [-0.39, 0.29) is 13.2 Å². The third-order valence-electron chi connectivity index (χ3n) is 3.94. The predicted octanol–water partition coefficient (Wildman–Crippen LogP) is -1.55. The van der Waals surface area contributed by atoms with Crippen molar-refractivity contribution in [2.24, 2.45) is 0 Å². The molecule has 0 bridgehead atoms. The molecule has 1 fully saturated rings. The van der Waals surface area contributed by atoms with E-state index in [0.29, 0.717) is 19.3 Å². The third kappa shape index (κ3) is 8.98. The van der Waals surface area contributed by atoms with Gasteiger partial charge in [0.25, 0.3) is 0 Å². The fraction of sp³-hybridized carbons (Fsp3) is 0.600. The molecule has 0 radical (unpaired) electrons. The highest BCUT2D eigenvalue weighted by molar-refractivity contribution is 5.33. The zero-order valence-corrected chi connectivity index (χ0v) is 15.5. The molecule has 0 spiro atoms. The molecule has 8 nitrogen and oxygen atoms in total. The highest BCUT2D eigenvalue weighted by Gasteiger charge is 2.43. The highest BCUT2D eigenvalue weighted by atomic mass is 16.7. The van der Waals surface area contributed by atoms with Crippen molar-refractivity contribution in [1.29, 1.82) is 0 Å². The normalized spacial score (nSPS) is 28.6. The largest absolute Gasteiger partial charge is 0.396 e. The van der Waals surface area contributed by atoms with E-state index in [9.17, 15) is 20.4 Å². The van der Waals surface area contributed by atoms with Crippen molar-refractivity contribution in [3.63, 3.8) is 0 Å². The molecule has 1 aliphatic rings. The van der Waals surface area contributed by atoms with Crippen LogP contribution in [-0.4, -0.2) is 87.3 Å². The lowest BCUT2D eigenvalue weighted by atomic mass is 9.99. The molecule has 8 heteroatoms. The summed E-state index contributed by atoms with van der Waals surface area (Å²) in [5, 5.41) is 56.3. The Kier molecular flexibility index (Phi) is 12.4. The van der Waals surface area contributed by atoms with Gasteiger partial charge in [-0.2, -0.15) is 0 Å². The van der Waals surface area contributed by atoms with Crippen LogP contribution in [0.25, 0.3) is 0 Å². The molecule has 6 atom stereocenters. The second kappa shape index (κ2) is 14.3. The molecule has 28 heavy (non-hydrogen) atoms. The first-order valence-corrected chi connectivity index (χ1v) is 9.03. The Balaban J connectivity index is 2.27. The molecule has 156 valence electrons. The number of aliphatic hydroxyl groups excluding tert-OH is 6. The molecule has 1 aliphatic heterocycles. The van der Waals surface area contributed by atoms with Gasteiger partial charge in [-0.05, 0) is 43.3 Å². The van der Waals surface area contributed by atoms with Crippen LogP contribution >= 0.6 is 0 Å². The van der Waals surface area contributed by atoms with E-state index in [4.69, 9.17) is 19.7 Å². The van der Waals surface area contributed by atoms with Gasteiger partial charge in [0.15, 0.2) is 6.29 Å². The Morgan fingerprint density at radius 1 is 0.929 bits per heavy atom. The smallest absolute Gasteiger partial charge is 0.187 e. The van der Waals surface area contributed by atoms with Crippen molar-refractivity contribution in [3.05, 3.63) is 24.3 Å². The number of allylic oxidation sites excluding steroid dienone is 3. The average molecular weight is 396 g/mol. The minimum Gasteiger partial charge on any atom is -0.396 e. The second-order valence-electron chi connectivity index (χ2n) is 6.12. The molecule has 1 saturated heterocycles. The van der Waals surface area contributed by atoms with Crippen LogP contribution in [0.4, 0.5) is 0 Å². The van der Waals surface area contributed by atoms with Gasteiger partial charge in [-0.1, -0.05) is 24.0 Å². The fourth-order valence-corrected chi connectivity index (χ4v) is 2.34. The number of hydrogen-bond donors (Lipinski definition) is 6. The standard InChI is InChI=1S/C20H28O8/c21-12-11-15(23)10-8-6-4-2-1-3-5-7-9-13-27-20-19(26)18(25)17(24)16(14-22)28-20/h4,6-7,9,15-26H,8,10-14H2/b6-4-,9-7+/t15-,16-,17-,18+,19-,20-/m1/s1. The van der Waals surface area contributed by atoms with E-state index < -0.39 is 43.4 Å². The molecule has 0 aromatic heterocycles. The van der Waals surface area contributed by atoms with Crippen LogP contribution in [0.2, 0.25) is 0 Å². The Morgan fingerprint density at radius 3 is 2.25 bits per heavy atom. The Morgan fingerprint density at radius 2 is 1.61 bits per heavy atom. The van der Waals surface area contributed by atoms with Gasteiger partial charge in [0.1, 0.15) is 24.4 Å². The second-order valence-corrected chi connectivity index (χ2v) is 6.12. The lowest BCUT2D eigenvalue weighted by Gasteiger charge is -2.39. The van der Waals surface area contributed by atoms with Gasteiger partial charge in [0, 0.05) is 6.61 Å². The number of aliphatic hydroxyl groups is 6. The molecular formula is C20H28O8. The first-order chi connectivity index (χ1) is 13.5. The zero-order valence-electron chi connectivity index (χ0n) is 15.5. The minimum absolute atomic E-state index is 0.0264. The van der Waals surface area contributed by atoms with E-state index in [1.807, 2.05) is 6.08 Å². The summed E-state index contributed by atoms with van der Waals surface area (Å²) in [6.07, 6.45) is 1.14. The van der Waals surface area contributed by atoms with E-state index in [2.05, 4.69) is 23.7 Å². The van der Waals surface area contributed by atoms with Crippen LogP contribution in [-0.2, 0) is 9.47 Å². The van der Waals surface area contributed by atoms with Gasteiger partial charge < -0.3 is 40.1 Å². The predicted molar refractivity (Wildman–Crippen MR) is 100 cm³/mol. The Hall–Kier alpha value is -1.72. The third-order valence-corrected chi connectivity index (χ3v) is 3.94. The number of hydrogen-bond acceptors (Lipinski definition) is 8. The van der Waals surface area contributed by atoms with Crippen LogP contribution in [0.1, 0.15) is 19.3 Å². The van der Waals surface area contributed by atoms with Gasteiger partial charge >= 0.3 is 0 Å². The molecule has 6 N–H and O–H groups in total. The van der Waals surface area contributed by atoms with Crippen LogP contribution in [0.3, 0.4) is 0 Å². The molecule has 0 saturated carbocycles. The van der Waals surface area contributed by atoms with Crippen molar-refractivity contribution in [2.75, 3.05) is 19.8 Å². The van der Waals surface area contributed by atoms with Crippen LogP contribution < -0.4 is 0 Å². The molecule has 0 aliphatic carbocycles. The molecule has 0 amide bonds. The van der Waals surface area contributed by atoms with Gasteiger partial charge in [-0.25, -0.2) is 0 Å². The first kappa shape index (κ1) is 24.3. The topological polar surface area (TPSA) is 140 Å². The van der Waals surface area contributed by atoms with Gasteiger partial charge in [0.2, 0.25) is 0 Å². The lowest BCUT2D eigenvalue weighted by molar-refractivity contribution is -0.298. The summed E-state index contributed by atoms with van der Waals surface area (Å²) in [5.41, 5.74) is 0. The van der Waals surface area contributed by atoms with Crippen molar-refractivity contribution >= 4 is 0 Å². The summed E-state index contributed by atoms with van der Waals surface area (Å²) in [6.45, 7) is -0.495. The Labute approximate surface area is 164 Å².